The third-order valence-corrected chi connectivity index (χ3v) is 4.72. The summed E-state index contributed by atoms with van der Waals surface area (Å²) in [5.41, 5.74) is 7.36. The van der Waals surface area contributed by atoms with Gasteiger partial charge in [0.05, 0.1) is 22.8 Å². The molecule has 0 aliphatic heterocycles. The molecule has 0 radical (unpaired) electrons. The summed E-state index contributed by atoms with van der Waals surface area (Å²) < 4.78 is 3.82. The Hall–Kier alpha value is -2.66. The largest absolute Gasteiger partial charge is 0.245 e. The number of aromatic nitrogens is 3. The lowest BCUT2D eigenvalue weighted by atomic mass is 10.2. The van der Waals surface area contributed by atoms with Crippen molar-refractivity contribution in [2.75, 3.05) is 0 Å². The van der Waals surface area contributed by atoms with Gasteiger partial charge in [0, 0.05) is 27.8 Å². The number of halogens is 1. The van der Waals surface area contributed by atoms with Gasteiger partial charge in [-0.3, -0.25) is 0 Å². The molecular formula is C21H24ClN5. The lowest BCUT2D eigenvalue weighted by molar-refractivity contribution is 0.809. The molecule has 0 unspecified atom stereocenters. The fourth-order valence-electron chi connectivity index (χ4n) is 2.91. The van der Waals surface area contributed by atoms with Crippen molar-refractivity contribution in [3.8, 4) is 0 Å². The third-order valence-electron chi connectivity index (χ3n) is 4.50. The maximum atomic E-state index is 6.36. The fraction of sp³-hybridized carbons (Fsp3) is 0.286. The SMILES string of the molecule is C/C(=N\n1c(C)ccc1C)c1cc(Cl)cc(/C(C)=N/n2c(C)ccc2C)n1. The van der Waals surface area contributed by atoms with Crippen LogP contribution >= 0.6 is 11.6 Å². The van der Waals surface area contributed by atoms with Crippen molar-refractivity contribution in [1.82, 2.24) is 14.3 Å². The van der Waals surface area contributed by atoms with E-state index >= 15 is 0 Å². The Morgan fingerprint density at radius 2 is 1.07 bits per heavy atom. The predicted octanol–water partition coefficient (Wildman–Crippen LogP) is 5.12. The summed E-state index contributed by atoms with van der Waals surface area (Å²) in [5, 5.41) is 10.0. The van der Waals surface area contributed by atoms with E-state index < -0.39 is 0 Å². The van der Waals surface area contributed by atoms with E-state index in [1.807, 2.05) is 87.3 Å². The Morgan fingerprint density at radius 1 is 0.741 bits per heavy atom. The summed E-state index contributed by atoms with van der Waals surface area (Å²) in [6, 6.07) is 11.8. The van der Waals surface area contributed by atoms with Crippen LogP contribution < -0.4 is 0 Å². The lowest BCUT2D eigenvalue weighted by Crippen LogP contribution is -2.09. The van der Waals surface area contributed by atoms with Crippen LogP contribution in [-0.2, 0) is 0 Å². The summed E-state index contributed by atoms with van der Waals surface area (Å²) in [4.78, 5) is 4.74. The van der Waals surface area contributed by atoms with Crippen molar-refractivity contribution < 1.29 is 0 Å². The Kier molecular flexibility index (Phi) is 5.33. The zero-order valence-corrected chi connectivity index (χ0v) is 17.3. The third kappa shape index (κ3) is 4.03. The van der Waals surface area contributed by atoms with Crippen LogP contribution in [-0.4, -0.2) is 25.8 Å². The summed E-state index contributed by atoms with van der Waals surface area (Å²) in [7, 11) is 0. The van der Waals surface area contributed by atoms with E-state index in [0.717, 1.165) is 45.6 Å². The molecular weight excluding hydrogens is 358 g/mol. The Labute approximate surface area is 165 Å². The second-order valence-electron chi connectivity index (χ2n) is 6.78. The predicted molar refractivity (Wildman–Crippen MR) is 112 cm³/mol. The van der Waals surface area contributed by atoms with E-state index in [9.17, 15) is 0 Å². The van der Waals surface area contributed by atoms with Gasteiger partial charge in [0.1, 0.15) is 0 Å². The van der Waals surface area contributed by atoms with Gasteiger partial charge < -0.3 is 0 Å². The highest BCUT2D eigenvalue weighted by molar-refractivity contribution is 6.31. The molecule has 0 fully saturated rings. The molecule has 27 heavy (non-hydrogen) atoms. The Balaban J connectivity index is 2.02. The minimum absolute atomic E-state index is 0.612. The average Bonchev–Trinajstić information content (AvgIpc) is 3.11. The van der Waals surface area contributed by atoms with Crippen molar-refractivity contribution >= 4 is 23.0 Å². The van der Waals surface area contributed by atoms with E-state index in [4.69, 9.17) is 26.8 Å². The van der Waals surface area contributed by atoms with Crippen LogP contribution in [0, 0.1) is 27.7 Å². The van der Waals surface area contributed by atoms with Crippen LogP contribution in [0.15, 0.2) is 46.6 Å². The van der Waals surface area contributed by atoms with Gasteiger partial charge in [-0.15, -0.1) is 0 Å². The van der Waals surface area contributed by atoms with Crippen molar-refractivity contribution in [3.63, 3.8) is 0 Å². The summed E-state index contributed by atoms with van der Waals surface area (Å²) >= 11 is 6.36. The number of hydrogen-bond donors (Lipinski definition) is 0. The molecule has 3 heterocycles. The number of nitrogens with zero attached hydrogens (tertiary/aromatic N) is 5. The Morgan fingerprint density at radius 3 is 1.41 bits per heavy atom. The molecule has 0 N–H and O–H groups in total. The van der Waals surface area contributed by atoms with Crippen LogP contribution in [0.1, 0.15) is 48.0 Å². The highest BCUT2D eigenvalue weighted by Crippen LogP contribution is 2.16. The molecule has 0 saturated carbocycles. The first-order valence-corrected chi connectivity index (χ1v) is 9.23. The average molecular weight is 382 g/mol. The topological polar surface area (TPSA) is 47.5 Å². The van der Waals surface area contributed by atoms with Crippen molar-refractivity contribution in [2.45, 2.75) is 41.5 Å². The molecule has 0 aromatic carbocycles. The summed E-state index contributed by atoms with van der Waals surface area (Å²) in [6.45, 7) is 12.0. The first kappa shape index (κ1) is 19.1. The van der Waals surface area contributed by atoms with Crippen molar-refractivity contribution in [1.29, 1.82) is 0 Å². The van der Waals surface area contributed by atoms with Crippen molar-refractivity contribution in [3.05, 3.63) is 75.6 Å². The molecule has 3 aromatic heterocycles. The molecule has 3 rings (SSSR count). The van der Waals surface area contributed by atoms with Gasteiger partial charge in [-0.05, 0) is 77.9 Å². The molecule has 5 nitrogen and oxygen atoms in total. The molecule has 0 saturated heterocycles. The monoisotopic (exact) mass is 381 g/mol. The zero-order chi connectivity index (χ0) is 19.7. The van der Waals surface area contributed by atoms with E-state index in [0.29, 0.717) is 5.02 Å². The van der Waals surface area contributed by atoms with Crippen LogP contribution in [0.3, 0.4) is 0 Å². The minimum atomic E-state index is 0.612. The molecule has 0 aliphatic rings. The lowest BCUT2D eigenvalue weighted by Gasteiger charge is -2.09. The van der Waals surface area contributed by atoms with Crippen LogP contribution in [0.2, 0.25) is 5.02 Å². The normalized spacial score (nSPS) is 12.7. The molecule has 0 aliphatic carbocycles. The van der Waals surface area contributed by atoms with Gasteiger partial charge in [0.15, 0.2) is 0 Å². The fourth-order valence-corrected chi connectivity index (χ4v) is 3.11. The molecule has 140 valence electrons. The van der Waals surface area contributed by atoms with Crippen LogP contribution in [0.5, 0.6) is 0 Å². The maximum absolute atomic E-state index is 6.36. The second kappa shape index (κ2) is 7.53. The van der Waals surface area contributed by atoms with Gasteiger partial charge in [0.25, 0.3) is 0 Å². The highest BCUT2D eigenvalue weighted by atomic mass is 35.5. The second-order valence-corrected chi connectivity index (χ2v) is 7.22. The smallest absolute Gasteiger partial charge is 0.0882 e. The number of pyridine rings is 1. The van der Waals surface area contributed by atoms with E-state index in [1.165, 1.54) is 0 Å². The van der Waals surface area contributed by atoms with Gasteiger partial charge in [0.2, 0.25) is 0 Å². The first-order valence-electron chi connectivity index (χ1n) is 8.85. The van der Waals surface area contributed by atoms with E-state index in [1.54, 1.807) is 0 Å². The minimum Gasteiger partial charge on any atom is -0.245 e. The molecule has 0 amide bonds. The van der Waals surface area contributed by atoms with Gasteiger partial charge >= 0.3 is 0 Å². The number of aryl methyl sites for hydroxylation is 4. The van der Waals surface area contributed by atoms with E-state index in [2.05, 4.69) is 0 Å². The van der Waals surface area contributed by atoms with Crippen molar-refractivity contribution in [2.24, 2.45) is 10.2 Å². The molecule has 6 heteroatoms. The molecule has 3 aromatic rings. The number of hydrogen-bond acceptors (Lipinski definition) is 3. The van der Waals surface area contributed by atoms with Gasteiger partial charge in [-0.1, -0.05) is 11.6 Å². The van der Waals surface area contributed by atoms with Gasteiger partial charge in [-0.25, -0.2) is 14.3 Å². The molecule has 0 bridgehead atoms. The molecule has 0 atom stereocenters. The highest BCUT2D eigenvalue weighted by Gasteiger charge is 2.10. The quantitative estimate of drug-likeness (QED) is 0.579. The maximum Gasteiger partial charge on any atom is 0.0882 e. The zero-order valence-electron chi connectivity index (χ0n) is 16.6. The summed E-state index contributed by atoms with van der Waals surface area (Å²) in [5.74, 6) is 0. The van der Waals surface area contributed by atoms with Crippen LogP contribution in [0.25, 0.3) is 0 Å². The first-order chi connectivity index (χ1) is 12.8. The number of rotatable bonds is 4. The Bertz CT molecular complexity index is 933. The summed E-state index contributed by atoms with van der Waals surface area (Å²) in [6.07, 6.45) is 0. The molecule has 0 spiro atoms. The van der Waals surface area contributed by atoms with E-state index in [-0.39, 0.29) is 0 Å². The van der Waals surface area contributed by atoms with Crippen LogP contribution in [0.4, 0.5) is 0 Å². The standard InChI is InChI=1S/C21H24ClN5/c1-13-7-8-14(2)26(13)24-17(5)20-11-19(22)12-21(23-20)18(6)25-27-15(3)9-10-16(27)4/h7-12H,1-6H3/b24-17+,25-18+. The van der Waals surface area contributed by atoms with Gasteiger partial charge in [-0.2, -0.15) is 10.2 Å².